The topological polar surface area (TPSA) is 38.1 Å². The van der Waals surface area contributed by atoms with Crippen LogP contribution in [-0.2, 0) is 19.5 Å². The molecule has 0 fully saturated rings. The number of benzene rings is 2. The third kappa shape index (κ3) is 4.97. The van der Waals surface area contributed by atoms with Crippen LogP contribution in [0.2, 0.25) is 0 Å². The summed E-state index contributed by atoms with van der Waals surface area (Å²) in [5.74, 6) is -0.243. The highest BCUT2D eigenvalue weighted by Gasteiger charge is 2.26. The first-order chi connectivity index (χ1) is 16.2. The minimum absolute atomic E-state index is 0.0719. The van der Waals surface area contributed by atoms with E-state index >= 15 is 0 Å². The van der Waals surface area contributed by atoms with Crippen LogP contribution in [0.25, 0.3) is 10.6 Å². The molecule has 0 unspecified atom stereocenters. The molecule has 0 saturated heterocycles. The van der Waals surface area contributed by atoms with E-state index in [9.17, 15) is 9.18 Å². The number of hydrogen-bond donors (Lipinski definition) is 0. The predicted octanol–water partition coefficient (Wildman–Crippen LogP) is 5.82. The maximum absolute atomic E-state index is 13.1. The summed E-state index contributed by atoms with van der Waals surface area (Å²) in [5, 5.41) is 7.13. The van der Waals surface area contributed by atoms with Crippen molar-refractivity contribution in [1.29, 1.82) is 0 Å². The molecule has 0 spiro atoms. The molecule has 168 valence electrons. The summed E-state index contributed by atoms with van der Waals surface area (Å²) in [4.78, 5) is 16.1. The highest BCUT2D eigenvalue weighted by atomic mass is 32.1. The highest BCUT2D eigenvalue weighted by molar-refractivity contribution is 7.13. The normalized spacial score (nSPS) is 13.7. The fraction of sp³-hybridized carbons (Fsp3) is 0.259. The molecule has 0 aliphatic carbocycles. The molecule has 0 saturated carbocycles. The fourth-order valence-electron chi connectivity index (χ4n) is 4.48. The van der Waals surface area contributed by atoms with Gasteiger partial charge in [-0.2, -0.15) is 5.10 Å². The molecule has 3 heterocycles. The van der Waals surface area contributed by atoms with E-state index in [4.69, 9.17) is 5.10 Å². The lowest BCUT2D eigenvalue weighted by atomic mass is 10.0. The number of fused-ring (bicyclic) bond motifs is 1. The van der Waals surface area contributed by atoms with E-state index in [1.165, 1.54) is 33.8 Å². The van der Waals surface area contributed by atoms with Gasteiger partial charge in [0.05, 0.1) is 11.4 Å². The minimum Gasteiger partial charge on any atom is -0.299 e. The molecule has 1 aliphatic rings. The molecule has 1 aliphatic heterocycles. The molecular weight excluding hydrogens is 433 g/mol. The van der Waals surface area contributed by atoms with Gasteiger partial charge in [0.1, 0.15) is 11.5 Å². The number of carbonyl (C=O) groups is 1. The quantitative estimate of drug-likeness (QED) is 0.312. The smallest absolute Gasteiger partial charge is 0.162 e. The van der Waals surface area contributed by atoms with E-state index in [0.717, 1.165) is 44.7 Å². The second-order valence-corrected chi connectivity index (χ2v) is 9.40. The first-order valence-electron chi connectivity index (χ1n) is 11.3. The maximum atomic E-state index is 13.1. The highest BCUT2D eigenvalue weighted by Crippen LogP contribution is 2.33. The average Bonchev–Trinajstić information content (AvgIpc) is 3.48. The van der Waals surface area contributed by atoms with Crippen LogP contribution in [-0.4, -0.2) is 33.6 Å². The van der Waals surface area contributed by atoms with E-state index in [1.54, 1.807) is 23.5 Å². The van der Waals surface area contributed by atoms with Crippen molar-refractivity contribution in [3.63, 3.8) is 0 Å². The van der Waals surface area contributed by atoms with Gasteiger partial charge in [-0.15, -0.1) is 11.3 Å². The van der Waals surface area contributed by atoms with Gasteiger partial charge in [0.2, 0.25) is 0 Å². The number of thiophene rings is 1. The number of nitrogens with zero attached hydrogens (tertiary/aromatic N) is 3. The first-order valence-corrected chi connectivity index (χ1v) is 12.2. The number of aromatic nitrogens is 2. The van der Waals surface area contributed by atoms with Crippen LogP contribution >= 0.6 is 11.3 Å². The van der Waals surface area contributed by atoms with E-state index in [0.29, 0.717) is 12.0 Å². The number of halogens is 1. The van der Waals surface area contributed by atoms with Gasteiger partial charge in [-0.25, -0.2) is 4.39 Å². The third-order valence-corrected chi connectivity index (χ3v) is 7.06. The summed E-state index contributed by atoms with van der Waals surface area (Å²) in [6, 6.07) is 20.5. The van der Waals surface area contributed by atoms with Gasteiger partial charge in [0.15, 0.2) is 5.78 Å². The predicted molar refractivity (Wildman–Crippen MR) is 130 cm³/mol. The lowest BCUT2D eigenvalue weighted by Gasteiger charge is -2.27. The standard InChI is InChI=1S/C27H26FN3OS/c28-22-12-10-21(11-13-22)25(32)8-4-15-30-16-14-24-23(19-30)27(26-9-5-17-33-26)29-31(24)18-20-6-2-1-3-7-20/h1-3,5-7,9-13,17H,4,8,14-16,18-19H2. The summed E-state index contributed by atoms with van der Waals surface area (Å²) in [5.41, 5.74) is 5.55. The van der Waals surface area contributed by atoms with E-state index in [2.05, 4.69) is 51.4 Å². The largest absolute Gasteiger partial charge is 0.299 e. The zero-order chi connectivity index (χ0) is 22.6. The van der Waals surface area contributed by atoms with Crippen LogP contribution in [0.5, 0.6) is 0 Å². The molecule has 4 aromatic rings. The molecule has 2 aromatic carbocycles. The lowest BCUT2D eigenvalue weighted by Crippen LogP contribution is -2.32. The van der Waals surface area contributed by atoms with Gasteiger partial charge in [-0.3, -0.25) is 14.4 Å². The van der Waals surface area contributed by atoms with Crippen LogP contribution in [0.15, 0.2) is 72.1 Å². The fourth-order valence-corrected chi connectivity index (χ4v) is 5.22. The van der Waals surface area contributed by atoms with Crippen LogP contribution < -0.4 is 0 Å². The Bertz CT molecular complexity index is 1220. The van der Waals surface area contributed by atoms with Crippen LogP contribution in [0, 0.1) is 5.82 Å². The Morgan fingerprint density at radius 1 is 1.03 bits per heavy atom. The number of hydrogen-bond acceptors (Lipinski definition) is 4. The Kier molecular flexibility index (Phi) is 6.46. The minimum atomic E-state index is -0.315. The van der Waals surface area contributed by atoms with Crippen molar-refractivity contribution >= 4 is 17.1 Å². The molecule has 2 aromatic heterocycles. The van der Waals surface area contributed by atoms with Crippen molar-refractivity contribution in [3.8, 4) is 10.6 Å². The van der Waals surface area contributed by atoms with Gasteiger partial charge >= 0.3 is 0 Å². The zero-order valence-electron chi connectivity index (χ0n) is 18.4. The molecule has 0 N–H and O–H groups in total. The first kappa shape index (κ1) is 21.7. The van der Waals surface area contributed by atoms with Crippen LogP contribution in [0.4, 0.5) is 4.39 Å². The van der Waals surface area contributed by atoms with Crippen LogP contribution in [0.3, 0.4) is 0 Å². The SMILES string of the molecule is O=C(CCCN1CCc2c(c(-c3cccs3)nn2Cc2ccccc2)C1)c1ccc(F)cc1. The second kappa shape index (κ2) is 9.81. The Morgan fingerprint density at radius 3 is 2.61 bits per heavy atom. The summed E-state index contributed by atoms with van der Waals surface area (Å²) < 4.78 is 15.3. The Hall–Kier alpha value is -3.09. The van der Waals surface area contributed by atoms with Crippen molar-refractivity contribution in [2.24, 2.45) is 0 Å². The average molecular weight is 460 g/mol. The molecule has 5 rings (SSSR count). The number of Topliss-reactive ketones (excluding diaryl/α,β-unsaturated/α-hetero) is 1. The van der Waals surface area contributed by atoms with Crippen molar-refractivity contribution < 1.29 is 9.18 Å². The van der Waals surface area contributed by atoms with Gasteiger partial charge in [-0.05, 0) is 54.2 Å². The van der Waals surface area contributed by atoms with Crippen LogP contribution in [0.1, 0.15) is 40.0 Å². The van der Waals surface area contributed by atoms with Crippen molar-refractivity contribution in [2.75, 3.05) is 13.1 Å². The summed E-state index contributed by atoms with van der Waals surface area (Å²) in [7, 11) is 0. The number of carbonyl (C=O) groups excluding carboxylic acids is 1. The Morgan fingerprint density at radius 2 is 1.85 bits per heavy atom. The molecule has 6 heteroatoms. The molecule has 4 nitrogen and oxygen atoms in total. The molecule has 0 amide bonds. The summed E-state index contributed by atoms with van der Waals surface area (Å²) in [6.07, 6.45) is 2.21. The van der Waals surface area contributed by atoms with Gasteiger partial charge in [0, 0.05) is 42.8 Å². The molecule has 0 atom stereocenters. The monoisotopic (exact) mass is 459 g/mol. The van der Waals surface area contributed by atoms with Gasteiger partial charge in [0.25, 0.3) is 0 Å². The summed E-state index contributed by atoms with van der Waals surface area (Å²) >= 11 is 1.72. The zero-order valence-corrected chi connectivity index (χ0v) is 19.2. The second-order valence-electron chi connectivity index (χ2n) is 8.45. The lowest BCUT2D eigenvalue weighted by molar-refractivity contribution is 0.0973. The molecule has 33 heavy (non-hydrogen) atoms. The van der Waals surface area contributed by atoms with E-state index in [-0.39, 0.29) is 11.6 Å². The van der Waals surface area contributed by atoms with Crippen molar-refractivity contribution in [2.45, 2.75) is 32.4 Å². The van der Waals surface area contributed by atoms with Gasteiger partial charge < -0.3 is 0 Å². The van der Waals surface area contributed by atoms with E-state index < -0.39 is 0 Å². The van der Waals surface area contributed by atoms with Gasteiger partial charge in [-0.1, -0.05) is 36.4 Å². The van der Waals surface area contributed by atoms with E-state index in [1.807, 2.05) is 6.07 Å². The maximum Gasteiger partial charge on any atom is 0.162 e. The number of rotatable bonds is 8. The van der Waals surface area contributed by atoms with Crippen molar-refractivity contribution in [1.82, 2.24) is 14.7 Å². The number of ketones is 1. The Labute approximate surface area is 197 Å². The third-order valence-electron chi connectivity index (χ3n) is 6.19. The molecule has 0 radical (unpaired) electrons. The Balaban J connectivity index is 1.28. The summed E-state index contributed by atoms with van der Waals surface area (Å²) in [6.45, 7) is 3.45. The molecular formula is C27H26FN3OS. The molecule has 0 bridgehead atoms. The van der Waals surface area contributed by atoms with Crippen molar-refractivity contribution in [3.05, 3.63) is 100 Å².